The van der Waals surface area contributed by atoms with Crippen molar-refractivity contribution in [3.05, 3.63) is 0 Å². The van der Waals surface area contributed by atoms with Crippen LogP contribution in [0.15, 0.2) is 0 Å². The van der Waals surface area contributed by atoms with Crippen LogP contribution in [0, 0.1) is 0 Å². The average Bonchev–Trinajstić information content (AvgIpc) is 2.18. The normalized spacial score (nSPS) is 14.3. The topological polar surface area (TPSA) is 102 Å². The first-order valence-electron chi connectivity index (χ1n) is 4.81. The van der Waals surface area contributed by atoms with E-state index in [1.165, 1.54) is 7.11 Å². The van der Waals surface area contributed by atoms with Gasteiger partial charge in [0.2, 0.25) is 5.91 Å². The fourth-order valence-electron chi connectivity index (χ4n) is 1.04. The van der Waals surface area contributed by atoms with E-state index < -0.39 is 18.1 Å². The van der Waals surface area contributed by atoms with Gasteiger partial charge >= 0.3 is 5.97 Å². The lowest BCUT2D eigenvalue weighted by molar-refractivity contribution is -0.148. The van der Waals surface area contributed by atoms with Gasteiger partial charge in [-0.1, -0.05) is 13.3 Å². The van der Waals surface area contributed by atoms with Gasteiger partial charge in [-0.05, 0) is 6.42 Å². The van der Waals surface area contributed by atoms with Crippen LogP contribution in [0.4, 0.5) is 0 Å². The second kappa shape index (κ2) is 7.19. The predicted octanol–water partition coefficient (Wildman–Crippen LogP) is -0.670. The summed E-state index contributed by atoms with van der Waals surface area (Å²) in [7, 11) is 1.27. The zero-order valence-electron chi connectivity index (χ0n) is 9.03. The monoisotopic (exact) mass is 218 g/mol. The van der Waals surface area contributed by atoms with E-state index in [2.05, 4.69) is 10.1 Å². The number of nitrogens with one attached hydrogen (secondary N) is 1. The van der Waals surface area contributed by atoms with Crippen LogP contribution in [0.5, 0.6) is 0 Å². The molecule has 0 aliphatic heterocycles. The molecular formula is C9H18N2O4. The summed E-state index contributed by atoms with van der Waals surface area (Å²) in [6, 6.07) is -0.582. The van der Waals surface area contributed by atoms with Crippen LogP contribution >= 0.6 is 0 Å². The summed E-state index contributed by atoms with van der Waals surface area (Å²) in [6.07, 6.45) is 0.361. The van der Waals surface area contributed by atoms with Crippen molar-refractivity contribution in [1.82, 2.24) is 5.32 Å². The van der Waals surface area contributed by atoms with E-state index in [0.29, 0.717) is 6.42 Å². The minimum Gasteiger partial charge on any atom is -0.479 e. The van der Waals surface area contributed by atoms with Crippen LogP contribution in [-0.4, -0.2) is 42.8 Å². The molecule has 0 fully saturated rings. The van der Waals surface area contributed by atoms with Crippen molar-refractivity contribution in [1.29, 1.82) is 0 Å². The fourth-order valence-corrected chi connectivity index (χ4v) is 1.04. The highest BCUT2D eigenvalue weighted by molar-refractivity contribution is 5.82. The van der Waals surface area contributed by atoms with Gasteiger partial charge < -0.3 is 20.9 Å². The number of amides is 1. The van der Waals surface area contributed by atoms with E-state index in [1.54, 1.807) is 0 Å². The van der Waals surface area contributed by atoms with E-state index in [9.17, 15) is 9.59 Å². The van der Waals surface area contributed by atoms with Gasteiger partial charge in [-0.2, -0.15) is 0 Å². The molecule has 0 rings (SSSR count). The Hall–Kier alpha value is -1.14. The largest absolute Gasteiger partial charge is 0.479 e. The minimum absolute atomic E-state index is 0.0674. The molecule has 6 nitrogen and oxygen atoms in total. The molecule has 0 spiro atoms. The number of nitrogens with two attached hydrogens (primary N) is 1. The van der Waals surface area contributed by atoms with Crippen molar-refractivity contribution in [2.24, 2.45) is 5.73 Å². The number of carbonyl (C=O) groups is 2. The van der Waals surface area contributed by atoms with Gasteiger partial charge in [-0.15, -0.1) is 0 Å². The fraction of sp³-hybridized carbons (Fsp3) is 0.778. The molecule has 0 aromatic rings. The summed E-state index contributed by atoms with van der Waals surface area (Å²) >= 11 is 0. The smallest absolute Gasteiger partial charge is 0.334 e. The summed E-state index contributed by atoms with van der Waals surface area (Å²) in [4.78, 5) is 21.8. The molecule has 2 atom stereocenters. The lowest BCUT2D eigenvalue weighted by Gasteiger charge is -2.14. The molecule has 88 valence electrons. The van der Waals surface area contributed by atoms with Gasteiger partial charge in [0.25, 0.3) is 0 Å². The highest BCUT2D eigenvalue weighted by Gasteiger charge is 2.19. The summed E-state index contributed by atoms with van der Waals surface area (Å²) in [5, 5.41) is 11.1. The molecule has 0 aromatic carbocycles. The van der Waals surface area contributed by atoms with Crippen molar-refractivity contribution in [2.75, 3.05) is 13.7 Å². The third-order valence-electron chi connectivity index (χ3n) is 1.96. The number of carbonyl (C=O) groups excluding carboxylic acids is 1. The molecule has 0 aliphatic carbocycles. The third kappa shape index (κ3) is 5.34. The number of rotatable bonds is 7. The molecule has 0 radical (unpaired) electrons. The first-order valence-corrected chi connectivity index (χ1v) is 4.81. The first kappa shape index (κ1) is 13.9. The van der Waals surface area contributed by atoms with Crippen LogP contribution in [0.1, 0.15) is 19.8 Å². The number of carboxylic acids is 1. The Bertz CT molecular complexity index is 220. The lowest BCUT2D eigenvalue weighted by Crippen LogP contribution is -2.45. The second-order valence-electron chi connectivity index (χ2n) is 3.20. The molecule has 0 aliphatic rings. The molecular weight excluding hydrogens is 200 g/mol. The molecule has 15 heavy (non-hydrogen) atoms. The number of carboxylic acid groups (broad SMARTS) is 1. The number of aliphatic carboxylic acids is 1. The molecule has 4 N–H and O–H groups in total. The van der Waals surface area contributed by atoms with Gasteiger partial charge in [0.05, 0.1) is 12.6 Å². The van der Waals surface area contributed by atoms with Crippen LogP contribution in [0.25, 0.3) is 0 Å². The SMILES string of the molecule is CCC[C@H](N)C(=O)NCC(OC)C(=O)O. The molecule has 0 heterocycles. The molecule has 6 heteroatoms. The molecule has 0 saturated carbocycles. The molecule has 0 saturated heterocycles. The number of hydrogen-bond acceptors (Lipinski definition) is 4. The standard InChI is InChI=1S/C9H18N2O4/c1-3-4-6(10)8(12)11-5-7(15-2)9(13)14/h6-7H,3-5,10H2,1-2H3,(H,11,12)(H,13,14)/t6-,7?/m0/s1. The van der Waals surface area contributed by atoms with Crippen molar-refractivity contribution in [2.45, 2.75) is 31.9 Å². The lowest BCUT2D eigenvalue weighted by atomic mass is 10.1. The van der Waals surface area contributed by atoms with Crippen LogP contribution < -0.4 is 11.1 Å². The van der Waals surface area contributed by atoms with Gasteiger partial charge in [-0.3, -0.25) is 4.79 Å². The van der Waals surface area contributed by atoms with Gasteiger partial charge in [0, 0.05) is 7.11 Å². The minimum atomic E-state index is -1.11. The van der Waals surface area contributed by atoms with E-state index in [1.807, 2.05) is 6.92 Å². The van der Waals surface area contributed by atoms with Gasteiger partial charge in [0.1, 0.15) is 0 Å². The van der Waals surface area contributed by atoms with Crippen LogP contribution in [0.3, 0.4) is 0 Å². The third-order valence-corrected chi connectivity index (χ3v) is 1.96. The Morgan fingerprint density at radius 2 is 2.13 bits per heavy atom. The Balaban J connectivity index is 3.92. The highest BCUT2D eigenvalue weighted by atomic mass is 16.5. The Kier molecular flexibility index (Phi) is 6.64. The maximum Gasteiger partial charge on any atom is 0.334 e. The summed E-state index contributed by atoms with van der Waals surface area (Å²) in [5.41, 5.74) is 5.53. The second-order valence-corrected chi connectivity index (χ2v) is 3.20. The highest BCUT2D eigenvalue weighted by Crippen LogP contribution is 1.94. The van der Waals surface area contributed by atoms with Crippen molar-refractivity contribution >= 4 is 11.9 Å². The zero-order valence-corrected chi connectivity index (χ0v) is 9.03. The Morgan fingerprint density at radius 3 is 2.53 bits per heavy atom. The van der Waals surface area contributed by atoms with Crippen LogP contribution in [-0.2, 0) is 14.3 Å². The van der Waals surface area contributed by atoms with Crippen molar-refractivity contribution < 1.29 is 19.4 Å². The average molecular weight is 218 g/mol. The van der Waals surface area contributed by atoms with Crippen molar-refractivity contribution in [3.63, 3.8) is 0 Å². The van der Waals surface area contributed by atoms with Gasteiger partial charge in [-0.25, -0.2) is 4.79 Å². The van der Waals surface area contributed by atoms with E-state index in [-0.39, 0.29) is 12.5 Å². The van der Waals surface area contributed by atoms with E-state index in [4.69, 9.17) is 10.8 Å². The summed E-state index contributed by atoms with van der Waals surface area (Å²) < 4.78 is 4.65. The van der Waals surface area contributed by atoms with E-state index >= 15 is 0 Å². The number of ether oxygens (including phenoxy) is 1. The maximum atomic E-state index is 11.3. The maximum absolute atomic E-state index is 11.3. The Morgan fingerprint density at radius 1 is 1.53 bits per heavy atom. The summed E-state index contributed by atoms with van der Waals surface area (Å²) in [6.45, 7) is 1.85. The van der Waals surface area contributed by atoms with Crippen LogP contribution in [0.2, 0.25) is 0 Å². The quantitative estimate of drug-likeness (QED) is 0.526. The zero-order chi connectivity index (χ0) is 11.8. The van der Waals surface area contributed by atoms with E-state index in [0.717, 1.165) is 6.42 Å². The summed E-state index contributed by atoms with van der Waals surface area (Å²) in [5.74, 6) is -1.46. The molecule has 1 unspecified atom stereocenters. The van der Waals surface area contributed by atoms with Crippen molar-refractivity contribution in [3.8, 4) is 0 Å². The molecule has 1 amide bonds. The molecule has 0 bridgehead atoms. The number of methoxy groups -OCH3 is 1. The Labute approximate surface area is 88.8 Å². The first-order chi connectivity index (χ1) is 7.02. The van der Waals surface area contributed by atoms with Gasteiger partial charge in [0.15, 0.2) is 6.10 Å². The number of hydrogen-bond donors (Lipinski definition) is 3. The predicted molar refractivity (Wildman–Crippen MR) is 54.3 cm³/mol. The molecule has 0 aromatic heterocycles.